The van der Waals surface area contributed by atoms with Crippen molar-refractivity contribution in [2.45, 2.75) is 38.0 Å². The van der Waals surface area contributed by atoms with E-state index in [1.165, 1.54) is 28.8 Å². The molecule has 11 heteroatoms. The quantitative estimate of drug-likeness (QED) is 0.251. The molecular weight excluding hydrogens is 522 g/mol. The van der Waals surface area contributed by atoms with Crippen molar-refractivity contribution in [1.82, 2.24) is 4.57 Å². The number of carboxylic acid groups (broad SMARTS) is 1. The van der Waals surface area contributed by atoms with Crippen LogP contribution in [-0.4, -0.2) is 31.5 Å². The Bertz CT molecular complexity index is 1550. The van der Waals surface area contributed by atoms with Crippen molar-refractivity contribution in [1.29, 1.82) is 0 Å². The highest BCUT2D eigenvalue weighted by atomic mass is 31.2. The number of carboxylic acids is 1. The zero-order valence-electron chi connectivity index (χ0n) is 19.9. The number of alkyl halides is 3. The van der Waals surface area contributed by atoms with Gasteiger partial charge >= 0.3 is 19.7 Å². The maximum atomic E-state index is 13.0. The van der Waals surface area contributed by atoms with Gasteiger partial charge in [-0.3, -0.25) is 4.57 Å². The van der Waals surface area contributed by atoms with Gasteiger partial charge in [-0.2, -0.15) is 13.2 Å². The lowest BCUT2D eigenvalue weighted by Gasteiger charge is -2.14. The van der Waals surface area contributed by atoms with E-state index >= 15 is 0 Å². The molecule has 0 unspecified atom stereocenters. The Balaban J connectivity index is 1.64. The van der Waals surface area contributed by atoms with E-state index < -0.39 is 36.3 Å². The summed E-state index contributed by atoms with van der Waals surface area (Å²) in [4.78, 5) is 32.6. The van der Waals surface area contributed by atoms with E-state index in [0.29, 0.717) is 22.6 Å². The number of fused-ring (bicyclic) bond motifs is 1. The lowest BCUT2D eigenvalue weighted by molar-refractivity contribution is -0.137. The Kier molecular flexibility index (Phi) is 6.59. The first kappa shape index (κ1) is 26.0. The zero-order chi connectivity index (χ0) is 27.2. The van der Waals surface area contributed by atoms with Crippen molar-refractivity contribution in [2.24, 2.45) is 0 Å². The van der Waals surface area contributed by atoms with Crippen LogP contribution in [0.25, 0.3) is 27.7 Å². The van der Waals surface area contributed by atoms with Crippen molar-refractivity contribution in [3.8, 4) is 22.6 Å². The molecule has 3 N–H and O–H groups in total. The highest BCUT2D eigenvalue weighted by Gasteiger charge is 2.34. The van der Waals surface area contributed by atoms with E-state index in [-0.39, 0.29) is 17.0 Å². The molecule has 1 saturated carbocycles. The summed E-state index contributed by atoms with van der Waals surface area (Å²) in [7, 11) is -5.10. The maximum absolute atomic E-state index is 13.0. The molecule has 0 radical (unpaired) electrons. The molecule has 198 valence electrons. The number of ether oxygens (including phenoxy) is 1. The topological polar surface area (TPSA) is 109 Å². The van der Waals surface area contributed by atoms with Crippen LogP contribution >= 0.6 is 7.60 Å². The summed E-state index contributed by atoms with van der Waals surface area (Å²) in [5.41, 5.74) is -0.112. The van der Waals surface area contributed by atoms with Crippen molar-refractivity contribution >= 4 is 29.8 Å². The van der Waals surface area contributed by atoms with Crippen LogP contribution in [0, 0.1) is 0 Å². The minimum Gasteiger partial charge on any atom is -0.490 e. The van der Waals surface area contributed by atoms with E-state index in [2.05, 4.69) is 0 Å². The third-order valence-electron chi connectivity index (χ3n) is 6.68. The Morgan fingerprint density at radius 1 is 0.921 bits per heavy atom. The third kappa shape index (κ3) is 4.95. The van der Waals surface area contributed by atoms with E-state index in [0.717, 1.165) is 37.8 Å². The average molecular weight is 545 g/mol. The van der Waals surface area contributed by atoms with Gasteiger partial charge in [0.15, 0.2) is 0 Å². The molecular formula is C27H23F3NO6P. The average Bonchev–Trinajstić information content (AvgIpc) is 3.49. The van der Waals surface area contributed by atoms with Gasteiger partial charge in [-0.05, 0) is 85.3 Å². The Labute approximate surface area is 215 Å². The molecule has 0 bridgehead atoms. The monoisotopic (exact) mass is 545 g/mol. The van der Waals surface area contributed by atoms with Gasteiger partial charge in [0.1, 0.15) is 16.7 Å². The number of carbonyl (C=O) groups is 1. The van der Waals surface area contributed by atoms with Crippen molar-refractivity contribution in [3.05, 3.63) is 78.0 Å². The van der Waals surface area contributed by atoms with Crippen LogP contribution in [0.15, 0.2) is 66.7 Å². The Hall–Kier alpha value is -3.59. The summed E-state index contributed by atoms with van der Waals surface area (Å²) in [6.45, 7) is 0. The van der Waals surface area contributed by atoms with Gasteiger partial charge in [0, 0.05) is 11.1 Å². The maximum Gasteiger partial charge on any atom is 0.416 e. The molecule has 0 saturated heterocycles. The number of benzene rings is 3. The first-order chi connectivity index (χ1) is 17.9. The molecule has 1 aromatic heterocycles. The number of rotatable bonds is 6. The zero-order valence-corrected chi connectivity index (χ0v) is 20.7. The summed E-state index contributed by atoms with van der Waals surface area (Å²) < 4.78 is 58.7. The second kappa shape index (κ2) is 9.62. The van der Waals surface area contributed by atoms with Crippen LogP contribution < -0.4 is 10.0 Å². The molecule has 0 amide bonds. The van der Waals surface area contributed by atoms with Gasteiger partial charge in [-0.15, -0.1) is 0 Å². The first-order valence-corrected chi connectivity index (χ1v) is 13.5. The molecule has 7 nitrogen and oxygen atoms in total. The van der Waals surface area contributed by atoms with Gasteiger partial charge in [-0.1, -0.05) is 18.2 Å². The predicted octanol–water partition coefficient (Wildman–Crippen LogP) is 6.14. The van der Waals surface area contributed by atoms with Crippen LogP contribution in [0.4, 0.5) is 13.2 Å². The first-order valence-electron chi connectivity index (χ1n) is 11.9. The second-order valence-corrected chi connectivity index (χ2v) is 10.7. The Morgan fingerprint density at radius 2 is 1.53 bits per heavy atom. The number of hydrogen-bond acceptors (Lipinski definition) is 3. The fourth-order valence-corrected chi connectivity index (χ4v) is 5.90. The summed E-state index contributed by atoms with van der Waals surface area (Å²) in [6.07, 6.45) is -0.284. The van der Waals surface area contributed by atoms with E-state index in [9.17, 15) is 37.4 Å². The summed E-state index contributed by atoms with van der Waals surface area (Å²) >= 11 is 0. The number of aromatic nitrogens is 1. The minimum atomic E-state index is -5.10. The fourth-order valence-electron chi connectivity index (χ4n) is 4.94. The predicted molar refractivity (Wildman–Crippen MR) is 135 cm³/mol. The molecule has 4 aromatic rings. The van der Waals surface area contributed by atoms with Crippen molar-refractivity contribution < 1.29 is 42.2 Å². The van der Waals surface area contributed by atoms with E-state index in [1.54, 1.807) is 30.3 Å². The van der Waals surface area contributed by atoms with Crippen LogP contribution in [-0.2, 0) is 10.7 Å². The number of nitrogens with zero attached hydrogens (tertiary/aromatic N) is 1. The summed E-state index contributed by atoms with van der Waals surface area (Å²) in [5, 5.41) is 9.33. The number of aromatic carboxylic acids is 1. The Morgan fingerprint density at radius 3 is 2.08 bits per heavy atom. The van der Waals surface area contributed by atoms with Crippen LogP contribution in [0.3, 0.4) is 0 Å². The molecule has 0 spiro atoms. The van der Waals surface area contributed by atoms with Gasteiger partial charge in [-0.25, -0.2) is 4.79 Å². The minimum absolute atomic E-state index is 0.0144. The van der Waals surface area contributed by atoms with Gasteiger partial charge in [0.05, 0.1) is 17.2 Å². The highest BCUT2D eigenvalue weighted by molar-refractivity contribution is 7.61. The van der Waals surface area contributed by atoms with Gasteiger partial charge in [0.25, 0.3) is 0 Å². The molecule has 38 heavy (non-hydrogen) atoms. The van der Waals surface area contributed by atoms with E-state index in [1.807, 2.05) is 0 Å². The van der Waals surface area contributed by atoms with E-state index in [4.69, 9.17) is 4.74 Å². The number of hydrogen-bond donors (Lipinski definition) is 3. The second-order valence-electron chi connectivity index (χ2n) is 9.21. The molecule has 1 aliphatic rings. The largest absolute Gasteiger partial charge is 0.490 e. The molecule has 0 aliphatic heterocycles. The highest BCUT2D eigenvalue weighted by Crippen LogP contribution is 2.42. The van der Waals surface area contributed by atoms with Gasteiger partial charge < -0.3 is 24.2 Å². The van der Waals surface area contributed by atoms with Crippen LogP contribution in [0.5, 0.6) is 5.75 Å². The fraction of sp³-hybridized carbons (Fsp3) is 0.222. The lowest BCUT2D eigenvalue weighted by atomic mass is 10.0. The van der Waals surface area contributed by atoms with Crippen LogP contribution in [0.2, 0.25) is 0 Å². The van der Waals surface area contributed by atoms with Crippen molar-refractivity contribution in [2.75, 3.05) is 0 Å². The SMILES string of the molecule is O=C(O)c1c(P(=O)(O)O)c2cc(-c3ccc(C(F)(F)F)cc3)ccc2n1-c1ccc(OC2CCCC2)cc1. The molecule has 3 aromatic carbocycles. The molecule has 0 atom stereocenters. The molecule has 1 fully saturated rings. The van der Waals surface area contributed by atoms with Crippen molar-refractivity contribution in [3.63, 3.8) is 0 Å². The van der Waals surface area contributed by atoms with Gasteiger partial charge in [0.2, 0.25) is 0 Å². The van der Waals surface area contributed by atoms with Crippen LogP contribution in [0.1, 0.15) is 41.7 Å². The third-order valence-corrected chi connectivity index (χ3v) is 7.72. The summed E-state index contributed by atoms with van der Waals surface area (Å²) in [6, 6.07) is 15.3. The summed E-state index contributed by atoms with van der Waals surface area (Å²) in [5.74, 6) is -0.935. The number of halogens is 3. The standard InChI is InChI=1S/C27H23F3NO6P/c28-27(29,30)18-8-5-16(6-9-18)17-7-14-23-22(15-17)25(38(34,35)36)24(26(32)33)31(23)19-10-12-21(13-11-19)37-20-3-1-2-4-20/h5-15,20H,1-4H2,(H,32,33)(H2,34,35,36). The molecule has 1 aliphatic carbocycles. The smallest absolute Gasteiger partial charge is 0.416 e. The normalized spacial score (nSPS) is 14.8. The molecule has 5 rings (SSSR count). The molecule has 1 heterocycles. The lowest BCUT2D eigenvalue weighted by Crippen LogP contribution is -2.18.